The average molecular weight is 248 g/mol. The van der Waals surface area contributed by atoms with E-state index in [2.05, 4.69) is 39.9 Å². The molecule has 0 aromatic heterocycles. The van der Waals surface area contributed by atoms with Crippen LogP contribution in [-0.4, -0.2) is 20.3 Å². The van der Waals surface area contributed by atoms with Crippen LogP contribution in [0.5, 0.6) is 0 Å². The fraction of sp³-hybridized carbons (Fsp3) is 0.909. The van der Waals surface area contributed by atoms with Crippen molar-refractivity contribution in [3.63, 3.8) is 0 Å². The van der Waals surface area contributed by atoms with Crippen molar-refractivity contribution >= 4 is 19.9 Å². The number of rotatable bonds is 5. The number of hydrogen-bond donors (Lipinski definition) is 0. The van der Waals surface area contributed by atoms with Gasteiger partial charge in [0, 0.05) is 5.88 Å². The smallest absolute Gasteiger partial charge is 0.187 e. The van der Waals surface area contributed by atoms with Crippen molar-refractivity contribution in [1.29, 1.82) is 5.26 Å². The van der Waals surface area contributed by atoms with E-state index < -0.39 is 8.32 Å². The Hall–Kier alpha value is -0.0431. The molecule has 88 valence electrons. The third-order valence-electron chi connectivity index (χ3n) is 1.93. The lowest BCUT2D eigenvalue weighted by molar-refractivity contribution is 0.212. The first-order valence-electron chi connectivity index (χ1n) is 5.31. The average Bonchev–Trinajstić information content (AvgIpc) is 1.98. The zero-order valence-corrected chi connectivity index (χ0v) is 12.2. The van der Waals surface area contributed by atoms with Crippen LogP contribution < -0.4 is 0 Å². The fourth-order valence-corrected chi connectivity index (χ4v) is 5.98. The number of nitrogens with zero attached hydrogens (tertiary/aromatic N) is 1. The highest BCUT2D eigenvalue weighted by Gasteiger charge is 2.31. The molecule has 0 aliphatic heterocycles. The third kappa shape index (κ3) is 7.84. The summed E-state index contributed by atoms with van der Waals surface area (Å²) in [5, 5.41) is 8.62. The van der Waals surface area contributed by atoms with Crippen LogP contribution in [0, 0.1) is 16.7 Å². The monoisotopic (exact) mass is 247 g/mol. The van der Waals surface area contributed by atoms with E-state index in [1.54, 1.807) is 0 Å². The first-order chi connectivity index (χ1) is 6.70. The molecule has 0 bridgehead atoms. The maximum atomic E-state index is 8.62. The zero-order chi connectivity index (χ0) is 12.1. The van der Waals surface area contributed by atoms with Gasteiger partial charge in [-0.15, -0.1) is 11.6 Å². The molecule has 4 heteroatoms. The van der Waals surface area contributed by atoms with Crippen molar-refractivity contribution in [3.8, 4) is 6.07 Å². The van der Waals surface area contributed by atoms with Gasteiger partial charge in [0.1, 0.15) is 0 Å². The van der Waals surface area contributed by atoms with Gasteiger partial charge in [0.25, 0.3) is 0 Å². The Labute approximate surface area is 99.7 Å². The van der Waals surface area contributed by atoms with E-state index >= 15 is 0 Å². The van der Waals surface area contributed by atoms with Gasteiger partial charge in [-0.3, -0.25) is 0 Å². The molecule has 0 saturated carbocycles. The molecule has 0 rings (SSSR count). The predicted octanol–water partition coefficient (Wildman–Crippen LogP) is 3.78. The van der Waals surface area contributed by atoms with Gasteiger partial charge in [-0.05, 0) is 24.6 Å². The Morgan fingerprint density at radius 3 is 2.27 bits per heavy atom. The highest BCUT2D eigenvalue weighted by atomic mass is 35.5. The summed E-state index contributed by atoms with van der Waals surface area (Å²) in [6, 6.07) is 3.20. The summed E-state index contributed by atoms with van der Waals surface area (Å²) in [6.07, 6.45) is 0.296. The molecule has 0 radical (unpaired) electrons. The van der Waals surface area contributed by atoms with Crippen LogP contribution in [0.1, 0.15) is 27.2 Å². The first kappa shape index (κ1) is 15.0. The molecule has 0 aliphatic rings. The number of halogens is 1. The second-order valence-electron chi connectivity index (χ2n) is 5.75. The minimum Gasteiger partial charge on any atom is -0.412 e. The van der Waals surface area contributed by atoms with Crippen LogP contribution >= 0.6 is 11.6 Å². The normalized spacial score (nSPS) is 14.7. The second-order valence-corrected chi connectivity index (χ2v) is 10.2. The van der Waals surface area contributed by atoms with E-state index in [1.807, 2.05) is 0 Å². The lowest BCUT2D eigenvalue weighted by Crippen LogP contribution is -2.39. The lowest BCUT2D eigenvalue weighted by atomic mass is 10.0. The van der Waals surface area contributed by atoms with Crippen molar-refractivity contribution in [1.82, 2.24) is 0 Å². The molecule has 0 amide bonds. The topological polar surface area (TPSA) is 33.0 Å². The SMILES string of the molecule is CC(C)(C)C[Si](C)(C)O[C@@H](CCl)CC#N. The predicted molar refractivity (Wildman–Crippen MR) is 67.6 cm³/mol. The van der Waals surface area contributed by atoms with Gasteiger partial charge in [-0.25, -0.2) is 0 Å². The Bertz CT molecular complexity index is 230. The summed E-state index contributed by atoms with van der Waals surface area (Å²) in [5.41, 5.74) is 0.277. The second kappa shape index (κ2) is 5.88. The molecular weight excluding hydrogens is 226 g/mol. The molecule has 1 atom stereocenters. The lowest BCUT2D eigenvalue weighted by Gasteiger charge is -2.33. The van der Waals surface area contributed by atoms with E-state index in [0.717, 1.165) is 6.04 Å². The quantitative estimate of drug-likeness (QED) is 0.547. The van der Waals surface area contributed by atoms with Crippen LogP contribution in [0.25, 0.3) is 0 Å². The largest absolute Gasteiger partial charge is 0.412 e. The Balaban J connectivity index is 4.29. The minimum atomic E-state index is -1.70. The number of alkyl halides is 1. The molecule has 0 saturated heterocycles. The first-order valence-corrected chi connectivity index (χ1v) is 8.96. The van der Waals surface area contributed by atoms with E-state index in [1.165, 1.54) is 0 Å². The number of nitriles is 1. The Morgan fingerprint density at radius 2 is 1.93 bits per heavy atom. The summed E-state index contributed by atoms with van der Waals surface area (Å²) < 4.78 is 5.99. The molecular formula is C11H22ClNOSi. The van der Waals surface area contributed by atoms with Crippen molar-refractivity contribution in [2.75, 3.05) is 5.88 Å². The summed E-state index contributed by atoms with van der Waals surface area (Å²) >= 11 is 5.77. The van der Waals surface area contributed by atoms with Gasteiger partial charge in [0.05, 0.1) is 18.6 Å². The maximum absolute atomic E-state index is 8.62. The van der Waals surface area contributed by atoms with Crippen molar-refractivity contribution in [2.45, 2.75) is 52.4 Å². The standard InChI is InChI=1S/C11H22ClNOSi/c1-11(2,3)9-15(4,5)14-10(8-12)6-7-13/h10H,6,8-9H2,1-5H3/t10-/m1/s1. The highest BCUT2D eigenvalue weighted by Crippen LogP contribution is 2.29. The van der Waals surface area contributed by atoms with E-state index in [9.17, 15) is 0 Å². The van der Waals surface area contributed by atoms with Gasteiger partial charge in [0.2, 0.25) is 0 Å². The van der Waals surface area contributed by atoms with Crippen molar-refractivity contribution in [3.05, 3.63) is 0 Å². The van der Waals surface area contributed by atoms with E-state index in [-0.39, 0.29) is 11.5 Å². The maximum Gasteiger partial charge on any atom is 0.187 e. The van der Waals surface area contributed by atoms with Gasteiger partial charge < -0.3 is 4.43 Å². The highest BCUT2D eigenvalue weighted by molar-refractivity contribution is 6.71. The minimum absolute atomic E-state index is 0.0966. The molecule has 0 aliphatic carbocycles. The van der Waals surface area contributed by atoms with Gasteiger partial charge in [-0.1, -0.05) is 20.8 Å². The molecule has 0 aromatic carbocycles. The van der Waals surface area contributed by atoms with Crippen LogP contribution in [0.2, 0.25) is 19.1 Å². The summed E-state index contributed by atoms with van der Waals surface area (Å²) in [5.74, 6) is 0.411. The van der Waals surface area contributed by atoms with Crippen molar-refractivity contribution < 1.29 is 4.43 Å². The summed E-state index contributed by atoms with van der Waals surface area (Å²) in [6.45, 7) is 11.0. The molecule has 0 aromatic rings. The molecule has 0 unspecified atom stereocenters. The van der Waals surface area contributed by atoms with Crippen molar-refractivity contribution in [2.24, 2.45) is 5.41 Å². The van der Waals surface area contributed by atoms with Crippen LogP contribution in [-0.2, 0) is 4.43 Å². The number of hydrogen-bond acceptors (Lipinski definition) is 2. The van der Waals surface area contributed by atoms with Crippen LogP contribution in [0.3, 0.4) is 0 Å². The fourth-order valence-electron chi connectivity index (χ4n) is 2.00. The summed E-state index contributed by atoms with van der Waals surface area (Å²) in [7, 11) is -1.70. The van der Waals surface area contributed by atoms with E-state index in [0.29, 0.717) is 12.3 Å². The van der Waals surface area contributed by atoms with Gasteiger partial charge >= 0.3 is 0 Å². The van der Waals surface area contributed by atoms with Crippen LogP contribution in [0.4, 0.5) is 0 Å². The summed E-state index contributed by atoms with van der Waals surface area (Å²) in [4.78, 5) is 0. The Kier molecular flexibility index (Phi) is 5.87. The van der Waals surface area contributed by atoms with Gasteiger partial charge in [0.15, 0.2) is 8.32 Å². The van der Waals surface area contributed by atoms with Gasteiger partial charge in [-0.2, -0.15) is 5.26 Å². The molecule has 0 fully saturated rings. The van der Waals surface area contributed by atoms with Crippen LogP contribution in [0.15, 0.2) is 0 Å². The third-order valence-corrected chi connectivity index (χ3v) is 5.16. The molecule has 0 heterocycles. The molecule has 15 heavy (non-hydrogen) atoms. The zero-order valence-electron chi connectivity index (χ0n) is 10.4. The Morgan fingerprint density at radius 1 is 1.40 bits per heavy atom. The molecule has 2 nitrogen and oxygen atoms in total. The molecule has 0 spiro atoms. The molecule has 0 N–H and O–H groups in total. The van der Waals surface area contributed by atoms with E-state index in [4.69, 9.17) is 21.3 Å².